The summed E-state index contributed by atoms with van der Waals surface area (Å²) in [5.74, 6) is -0.161. The predicted molar refractivity (Wildman–Crippen MR) is 132 cm³/mol. The van der Waals surface area contributed by atoms with Crippen LogP contribution in [0.25, 0.3) is 10.9 Å². The third kappa shape index (κ3) is 4.44. The highest BCUT2D eigenvalue weighted by molar-refractivity contribution is 6.01. The summed E-state index contributed by atoms with van der Waals surface area (Å²) in [5, 5.41) is 23.4. The van der Waals surface area contributed by atoms with Gasteiger partial charge in [0.1, 0.15) is 0 Å². The van der Waals surface area contributed by atoms with Gasteiger partial charge in [-0.2, -0.15) is 15.3 Å². The predicted octanol–water partition coefficient (Wildman–Crippen LogP) is 3.96. The van der Waals surface area contributed by atoms with Crippen molar-refractivity contribution in [1.82, 2.24) is 30.0 Å². The van der Waals surface area contributed by atoms with Gasteiger partial charge in [0.05, 0.1) is 46.6 Å². The highest BCUT2D eigenvalue weighted by atomic mass is 16.1. The summed E-state index contributed by atoms with van der Waals surface area (Å²) in [4.78, 5) is 12.9. The van der Waals surface area contributed by atoms with Crippen molar-refractivity contribution in [3.05, 3.63) is 95.7 Å². The number of aromatic amines is 1. The molecule has 3 N–H and O–H groups in total. The number of hydrogen-bond donors (Lipinski definition) is 3. The molecule has 0 spiro atoms. The number of aryl methyl sites for hydroxylation is 2. The van der Waals surface area contributed by atoms with Crippen LogP contribution in [0.3, 0.4) is 0 Å². The van der Waals surface area contributed by atoms with Crippen LogP contribution in [0.5, 0.6) is 0 Å². The molecule has 0 bridgehead atoms. The molecule has 9 nitrogen and oxygen atoms in total. The molecule has 0 saturated heterocycles. The van der Waals surface area contributed by atoms with E-state index in [-0.39, 0.29) is 5.91 Å². The van der Waals surface area contributed by atoms with Crippen molar-refractivity contribution < 1.29 is 4.79 Å². The highest BCUT2D eigenvalue weighted by Crippen LogP contribution is 2.25. The van der Waals surface area contributed by atoms with Gasteiger partial charge < -0.3 is 10.6 Å². The Morgan fingerprint density at radius 1 is 1.12 bits per heavy atom. The first-order chi connectivity index (χ1) is 16.6. The number of carbonyl (C=O) groups excluding carboxylic acids is 1. The summed E-state index contributed by atoms with van der Waals surface area (Å²) in [6.07, 6.45) is 5.47. The summed E-state index contributed by atoms with van der Waals surface area (Å²) >= 11 is 0. The van der Waals surface area contributed by atoms with Crippen LogP contribution >= 0.6 is 0 Å². The van der Waals surface area contributed by atoms with Crippen molar-refractivity contribution in [3.63, 3.8) is 0 Å². The van der Waals surface area contributed by atoms with E-state index in [0.29, 0.717) is 17.8 Å². The Morgan fingerprint density at radius 2 is 1.94 bits per heavy atom. The second kappa shape index (κ2) is 9.07. The Bertz CT molecular complexity index is 1480. The lowest BCUT2D eigenvalue weighted by Crippen LogP contribution is -2.24. The molecule has 0 aliphatic carbocycles. The minimum atomic E-state index is -0.161. The molecule has 0 radical (unpaired) electrons. The maximum Gasteiger partial charge on any atom is 0.253 e. The molecule has 0 atom stereocenters. The summed E-state index contributed by atoms with van der Waals surface area (Å²) in [6.45, 7) is 2.33. The van der Waals surface area contributed by atoms with Gasteiger partial charge in [-0.25, -0.2) is 4.68 Å². The molecule has 5 aromatic rings. The highest BCUT2D eigenvalue weighted by Gasteiger charge is 2.13. The van der Waals surface area contributed by atoms with Crippen molar-refractivity contribution in [3.8, 4) is 0 Å². The summed E-state index contributed by atoms with van der Waals surface area (Å²) in [6, 6.07) is 19.1. The van der Waals surface area contributed by atoms with Crippen LogP contribution in [0, 0.1) is 6.92 Å². The van der Waals surface area contributed by atoms with Gasteiger partial charge in [0.15, 0.2) is 0 Å². The van der Waals surface area contributed by atoms with Crippen LogP contribution in [0.1, 0.15) is 27.4 Å². The zero-order valence-corrected chi connectivity index (χ0v) is 18.9. The lowest BCUT2D eigenvalue weighted by atomic mass is 10.1. The molecule has 1 amide bonds. The fraction of sp³-hybridized carbons (Fsp3) is 0.120. The maximum atomic E-state index is 12.9. The summed E-state index contributed by atoms with van der Waals surface area (Å²) in [7, 11) is 1.87. The number of H-pyrrole nitrogens is 1. The summed E-state index contributed by atoms with van der Waals surface area (Å²) < 4.78 is 3.50. The van der Waals surface area contributed by atoms with Crippen LogP contribution < -0.4 is 10.6 Å². The second-order valence-electron chi connectivity index (χ2n) is 7.93. The van der Waals surface area contributed by atoms with Crippen molar-refractivity contribution in [2.45, 2.75) is 13.5 Å². The molecule has 0 unspecified atom stereocenters. The van der Waals surface area contributed by atoms with Crippen molar-refractivity contribution in [2.24, 2.45) is 12.1 Å². The summed E-state index contributed by atoms with van der Waals surface area (Å²) in [5.41, 5.74) is 5.58. The minimum Gasteiger partial charge on any atom is -0.355 e. The standard InChI is InChI=1S/C25H24N8O/c1-17-13-19(32(2)31-17)15-26-25(34)21-7-3-4-8-22(21)28-18-9-10-20-23(14-18)29-30-24(20)16-27-33-11-5-6-12-33/h3-14,16,28H,15H2,1-2H3,(H,26,34)(H,29,30)/b27-16+. The zero-order chi connectivity index (χ0) is 23.5. The molecule has 3 aromatic heterocycles. The lowest BCUT2D eigenvalue weighted by molar-refractivity contribution is 0.0951. The van der Waals surface area contributed by atoms with E-state index in [9.17, 15) is 4.79 Å². The van der Waals surface area contributed by atoms with Gasteiger partial charge in [0, 0.05) is 30.5 Å². The number of fused-ring (bicyclic) bond motifs is 1. The van der Waals surface area contributed by atoms with Crippen LogP contribution in [0.15, 0.2) is 78.2 Å². The first-order valence-corrected chi connectivity index (χ1v) is 10.9. The average Bonchev–Trinajstić information content (AvgIpc) is 3.56. The Morgan fingerprint density at radius 3 is 2.74 bits per heavy atom. The molecule has 0 saturated carbocycles. The second-order valence-corrected chi connectivity index (χ2v) is 7.93. The molecule has 2 aromatic carbocycles. The number of nitrogens with one attached hydrogen (secondary N) is 3. The molecule has 3 heterocycles. The van der Waals surface area contributed by atoms with Crippen molar-refractivity contribution in [2.75, 3.05) is 5.32 Å². The van der Waals surface area contributed by atoms with E-state index >= 15 is 0 Å². The SMILES string of the molecule is Cc1cc(CNC(=O)c2ccccc2Nc2ccc3c(/C=N/n4cccc4)[nH]nc3c2)n(C)n1. The van der Waals surface area contributed by atoms with Crippen LogP contribution in [0.4, 0.5) is 11.4 Å². The number of rotatable bonds is 7. The minimum absolute atomic E-state index is 0.161. The van der Waals surface area contributed by atoms with E-state index in [4.69, 9.17) is 0 Å². The third-order valence-corrected chi connectivity index (χ3v) is 5.47. The fourth-order valence-corrected chi connectivity index (χ4v) is 3.78. The molecule has 170 valence electrons. The normalized spacial score (nSPS) is 11.4. The Hall–Kier alpha value is -4.66. The first-order valence-electron chi connectivity index (χ1n) is 10.9. The lowest BCUT2D eigenvalue weighted by Gasteiger charge is -2.12. The molecule has 0 aliphatic rings. The average molecular weight is 453 g/mol. The van der Waals surface area contributed by atoms with Gasteiger partial charge in [0.25, 0.3) is 5.91 Å². The van der Waals surface area contributed by atoms with Gasteiger partial charge in [0.2, 0.25) is 0 Å². The van der Waals surface area contributed by atoms with E-state index in [2.05, 4.69) is 31.0 Å². The smallest absolute Gasteiger partial charge is 0.253 e. The number of nitrogens with zero attached hydrogens (tertiary/aromatic N) is 5. The molecule has 9 heteroatoms. The third-order valence-electron chi connectivity index (χ3n) is 5.47. The molecular formula is C25H24N8O. The van der Waals surface area contributed by atoms with E-state index in [1.807, 2.05) is 81.0 Å². The van der Waals surface area contributed by atoms with Crippen LogP contribution in [0.2, 0.25) is 0 Å². The number of carbonyl (C=O) groups is 1. The number of aromatic nitrogens is 5. The monoisotopic (exact) mass is 452 g/mol. The van der Waals surface area contributed by atoms with Gasteiger partial charge >= 0.3 is 0 Å². The zero-order valence-electron chi connectivity index (χ0n) is 18.9. The van der Waals surface area contributed by atoms with Crippen LogP contribution in [-0.4, -0.2) is 36.8 Å². The number of benzene rings is 2. The molecule has 0 aliphatic heterocycles. The molecular weight excluding hydrogens is 428 g/mol. The van der Waals surface area contributed by atoms with Gasteiger partial charge in [-0.05, 0) is 55.5 Å². The molecule has 34 heavy (non-hydrogen) atoms. The number of amides is 1. The van der Waals surface area contributed by atoms with E-state index in [0.717, 1.165) is 33.7 Å². The molecule has 0 fully saturated rings. The van der Waals surface area contributed by atoms with E-state index in [1.54, 1.807) is 21.6 Å². The van der Waals surface area contributed by atoms with Gasteiger partial charge in [-0.15, -0.1) is 0 Å². The number of anilines is 2. The maximum absolute atomic E-state index is 12.9. The number of para-hydroxylation sites is 1. The van der Waals surface area contributed by atoms with Gasteiger partial charge in [-0.3, -0.25) is 14.6 Å². The Balaban J connectivity index is 1.33. The van der Waals surface area contributed by atoms with Gasteiger partial charge in [-0.1, -0.05) is 12.1 Å². The van der Waals surface area contributed by atoms with E-state index < -0.39 is 0 Å². The van der Waals surface area contributed by atoms with Crippen molar-refractivity contribution >= 4 is 34.4 Å². The Kier molecular flexibility index (Phi) is 5.65. The quantitative estimate of drug-likeness (QED) is 0.325. The first kappa shape index (κ1) is 21.2. The topological polar surface area (TPSA) is 105 Å². The van der Waals surface area contributed by atoms with Crippen molar-refractivity contribution in [1.29, 1.82) is 0 Å². The largest absolute Gasteiger partial charge is 0.355 e. The molecule has 5 rings (SSSR count). The Labute approximate surface area is 196 Å². The fourth-order valence-electron chi connectivity index (χ4n) is 3.78. The number of hydrogen-bond acceptors (Lipinski definition) is 5. The van der Waals surface area contributed by atoms with Crippen LogP contribution in [-0.2, 0) is 13.6 Å². The van der Waals surface area contributed by atoms with E-state index in [1.165, 1.54) is 0 Å².